The summed E-state index contributed by atoms with van der Waals surface area (Å²) in [5.41, 5.74) is 2.65. The topological polar surface area (TPSA) is 39.3 Å². The number of hydrogen-bond donors (Lipinski definition) is 0. The van der Waals surface area contributed by atoms with Gasteiger partial charge in [0.05, 0.1) is 5.38 Å². The molecule has 19 heavy (non-hydrogen) atoms. The fourth-order valence-corrected chi connectivity index (χ4v) is 3.23. The summed E-state index contributed by atoms with van der Waals surface area (Å²) >= 11 is 3.98. The maximum absolute atomic E-state index is 11.1. The van der Waals surface area contributed by atoms with Crippen molar-refractivity contribution in [3.8, 4) is 0 Å². The quantitative estimate of drug-likeness (QED) is 0.343. The van der Waals surface area contributed by atoms with E-state index in [1.54, 1.807) is 11.3 Å². The third-order valence-electron chi connectivity index (χ3n) is 2.99. The van der Waals surface area contributed by atoms with Gasteiger partial charge in [0.2, 0.25) is 5.01 Å². The first-order valence-electron chi connectivity index (χ1n) is 6.07. The first kappa shape index (κ1) is 14.5. The lowest BCUT2D eigenvalue weighted by atomic mass is 10.1. The molecule has 0 spiro atoms. The van der Waals surface area contributed by atoms with Crippen LogP contribution in [0.25, 0.3) is 0 Å². The van der Waals surface area contributed by atoms with Crippen molar-refractivity contribution in [1.29, 1.82) is 0 Å². The zero-order chi connectivity index (χ0) is 13.8. The van der Waals surface area contributed by atoms with Gasteiger partial charge in [-0.25, -0.2) is 0 Å². The van der Waals surface area contributed by atoms with Crippen LogP contribution < -0.4 is 4.57 Å². The van der Waals surface area contributed by atoms with E-state index in [0.717, 1.165) is 15.6 Å². The second kappa shape index (κ2) is 6.47. The third-order valence-corrected chi connectivity index (χ3v) is 4.95. The van der Waals surface area contributed by atoms with Gasteiger partial charge >= 0.3 is 0 Å². The van der Waals surface area contributed by atoms with E-state index >= 15 is 0 Å². The Labute approximate surface area is 130 Å². The number of thiazole rings is 1. The van der Waals surface area contributed by atoms with Crippen molar-refractivity contribution < 1.29 is 4.57 Å². The standard InChI is InChI=1S/C14H15IN2OS/c1-3-14-17(10(2)9-19-14)8-13(16-18)11-4-6-12(15)7-5-11/h4-7,9H,3,8H2,1-2H3/b16-13-. The fourth-order valence-electron chi connectivity index (χ4n) is 1.93. The number of rotatable bonds is 4. The molecule has 2 rings (SSSR count). The lowest BCUT2D eigenvalue weighted by Crippen LogP contribution is -2.42. The van der Waals surface area contributed by atoms with E-state index in [2.05, 4.69) is 51.5 Å². The molecule has 0 saturated heterocycles. The average molecular weight is 386 g/mol. The van der Waals surface area contributed by atoms with E-state index in [9.17, 15) is 5.21 Å². The molecule has 0 aliphatic rings. The van der Waals surface area contributed by atoms with Crippen LogP contribution in [-0.2, 0) is 13.0 Å². The molecular weight excluding hydrogens is 371 g/mol. The minimum atomic E-state index is 0.544. The van der Waals surface area contributed by atoms with Crippen molar-refractivity contribution in [1.82, 2.24) is 0 Å². The number of aromatic nitrogens is 1. The normalized spacial score (nSPS) is 11.8. The molecule has 0 aliphatic carbocycles. The van der Waals surface area contributed by atoms with E-state index in [0.29, 0.717) is 12.3 Å². The summed E-state index contributed by atoms with van der Waals surface area (Å²) in [6.45, 7) is 4.73. The summed E-state index contributed by atoms with van der Waals surface area (Å²) in [6, 6.07) is 7.89. The highest BCUT2D eigenvalue weighted by atomic mass is 127. The SMILES string of the molecule is CCc1scc(C)[n+]1C/C(=N/[O-])c1ccc(I)cc1. The van der Waals surface area contributed by atoms with Crippen LogP contribution in [0.4, 0.5) is 0 Å². The highest BCUT2D eigenvalue weighted by Gasteiger charge is 2.18. The van der Waals surface area contributed by atoms with Crippen molar-refractivity contribution in [2.24, 2.45) is 5.16 Å². The third kappa shape index (κ3) is 3.33. The highest BCUT2D eigenvalue weighted by Crippen LogP contribution is 2.11. The minimum Gasteiger partial charge on any atom is -0.792 e. The molecule has 0 N–H and O–H groups in total. The summed E-state index contributed by atoms with van der Waals surface area (Å²) in [7, 11) is 0. The molecule has 0 aliphatic heterocycles. The van der Waals surface area contributed by atoms with Gasteiger partial charge in [-0.15, -0.1) is 0 Å². The molecule has 2 aromatic rings. The van der Waals surface area contributed by atoms with Gasteiger partial charge in [0.25, 0.3) is 0 Å². The largest absolute Gasteiger partial charge is 0.792 e. The Morgan fingerprint density at radius 1 is 1.37 bits per heavy atom. The van der Waals surface area contributed by atoms with E-state index in [-0.39, 0.29) is 0 Å². The van der Waals surface area contributed by atoms with Crippen LogP contribution in [0.15, 0.2) is 34.8 Å². The highest BCUT2D eigenvalue weighted by molar-refractivity contribution is 14.1. The Morgan fingerprint density at radius 2 is 2.05 bits per heavy atom. The maximum Gasteiger partial charge on any atom is 0.237 e. The van der Waals surface area contributed by atoms with Gasteiger partial charge < -0.3 is 10.4 Å². The number of hydrogen-bond acceptors (Lipinski definition) is 3. The predicted molar refractivity (Wildman–Crippen MR) is 87.7 cm³/mol. The Kier molecular flexibility index (Phi) is 4.93. The molecule has 1 aromatic heterocycles. The summed E-state index contributed by atoms with van der Waals surface area (Å²) in [6.07, 6.45) is 0.970. The fraction of sp³-hybridized carbons (Fsp3) is 0.286. The minimum absolute atomic E-state index is 0.544. The molecule has 0 bridgehead atoms. The lowest BCUT2D eigenvalue weighted by molar-refractivity contribution is -0.689. The van der Waals surface area contributed by atoms with Crippen LogP contribution >= 0.6 is 33.9 Å². The van der Waals surface area contributed by atoms with Crippen molar-refractivity contribution >= 4 is 39.6 Å². The van der Waals surface area contributed by atoms with Gasteiger partial charge in [-0.1, -0.05) is 30.4 Å². The van der Waals surface area contributed by atoms with Crippen molar-refractivity contribution in [2.75, 3.05) is 0 Å². The Morgan fingerprint density at radius 3 is 2.63 bits per heavy atom. The van der Waals surface area contributed by atoms with Crippen LogP contribution in [0.3, 0.4) is 0 Å². The van der Waals surface area contributed by atoms with Crippen molar-refractivity contribution in [3.63, 3.8) is 0 Å². The average Bonchev–Trinajstić information content (AvgIpc) is 2.78. The van der Waals surface area contributed by atoms with Crippen LogP contribution in [-0.4, -0.2) is 5.71 Å². The molecule has 1 aromatic carbocycles. The van der Waals surface area contributed by atoms with E-state index < -0.39 is 0 Å². The molecule has 5 heteroatoms. The summed E-state index contributed by atoms with van der Waals surface area (Å²) in [4.78, 5) is 0. The van der Waals surface area contributed by atoms with Crippen molar-refractivity contribution in [3.05, 3.63) is 54.7 Å². The summed E-state index contributed by atoms with van der Waals surface area (Å²) in [5, 5.41) is 17.7. The number of nitrogens with zero attached hydrogens (tertiary/aromatic N) is 2. The van der Waals surface area contributed by atoms with Crippen molar-refractivity contribution in [2.45, 2.75) is 26.8 Å². The van der Waals surface area contributed by atoms with Crippen LogP contribution in [0, 0.1) is 15.7 Å². The molecule has 0 unspecified atom stereocenters. The molecule has 0 amide bonds. The molecule has 0 fully saturated rings. The van der Waals surface area contributed by atoms with Gasteiger partial charge in [-0.2, -0.15) is 4.57 Å². The number of benzene rings is 1. The molecule has 100 valence electrons. The Bertz CT molecular complexity index is 590. The molecule has 0 radical (unpaired) electrons. The first-order chi connectivity index (χ1) is 9.15. The second-order valence-corrected chi connectivity index (χ2v) is 6.44. The summed E-state index contributed by atoms with van der Waals surface area (Å²) < 4.78 is 3.32. The van der Waals surface area contributed by atoms with Gasteiger partial charge in [-0.3, -0.25) is 0 Å². The van der Waals surface area contributed by atoms with E-state index in [1.165, 1.54) is 10.7 Å². The zero-order valence-electron chi connectivity index (χ0n) is 10.9. The molecule has 1 heterocycles. The molecule has 0 atom stereocenters. The molecule has 0 saturated carbocycles. The smallest absolute Gasteiger partial charge is 0.237 e. The van der Waals surface area contributed by atoms with Gasteiger partial charge in [0, 0.05) is 22.5 Å². The number of halogens is 1. The van der Waals surface area contributed by atoms with E-state index in [1.807, 2.05) is 24.3 Å². The monoisotopic (exact) mass is 386 g/mol. The van der Waals surface area contributed by atoms with Gasteiger partial charge in [0.15, 0.2) is 12.2 Å². The Balaban J connectivity index is 2.29. The van der Waals surface area contributed by atoms with E-state index in [4.69, 9.17) is 0 Å². The van der Waals surface area contributed by atoms with Crippen LogP contribution in [0.2, 0.25) is 0 Å². The molecular formula is C14H15IN2OS. The second-order valence-electron chi connectivity index (χ2n) is 4.26. The first-order valence-corrected chi connectivity index (χ1v) is 8.03. The van der Waals surface area contributed by atoms with Crippen LogP contribution in [0.5, 0.6) is 0 Å². The lowest BCUT2D eigenvalue weighted by Gasteiger charge is -2.07. The molecule has 3 nitrogen and oxygen atoms in total. The van der Waals surface area contributed by atoms with Crippen LogP contribution in [0.1, 0.15) is 23.2 Å². The summed E-state index contributed by atoms with van der Waals surface area (Å²) in [5.74, 6) is 0. The van der Waals surface area contributed by atoms with Gasteiger partial charge in [0.1, 0.15) is 5.71 Å². The number of aryl methyl sites for hydroxylation is 2. The van der Waals surface area contributed by atoms with Gasteiger partial charge in [-0.05, 0) is 34.7 Å². The Hall–Kier alpha value is -0.950. The predicted octanol–water partition coefficient (Wildman–Crippen LogP) is 3.50. The zero-order valence-corrected chi connectivity index (χ0v) is 13.9. The maximum atomic E-state index is 11.1.